The van der Waals surface area contributed by atoms with E-state index in [9.17, 15) is 0 Å². The molecule has 2 fully saturated rings. The molecule has 2 unspecified atom stereocenters. The zero-order valence-electron chi connectivity index (χ0n) is 18.3. The van der Waals surface area contributed by atoms with E-state index in [0.29, 0.717) is 18.5 Å². The average molecular weight is 523 g/mol. The van der Waals surface area contributed by atoms with Gasteiger partial charge in [-0.25, -0.2) is 4.98 Å². The van der Waals surface area contributed by atoms with Crippen LogP contribution in [0.4, 0.5) is 0 Å². The van der Waals surface area contributed by atoms with Gasteiger partial charge < -0.3 is 14.6 Å². The highest BCUT2D eigenvalue weighted by molar-refractivity contribution is 14.0. The summed E-state index contributed by atoms with van der Waals surface area (Å²) in [6.45, 7) is 8.90. The third-order valence-electron chi connectivity index (χ3n) is 6.39. The lowest BCUT2D eigenvalue weighted by Gasteiger charge is -2.48. The zero-order chi connectivity index (χ0) is 20.2. The van der Waals surface area contributed by atoms with E-state index in [1.165, 1.54) is 31.4 Å². The number of likely N-dealkylation sites (tertiary alicyclic amines) is 2. The summed E-state index contributed by atoms with van der Waals surface area (Å²) >= 11 is 0. The number of nitrogens with zero attached hydrogens (tertiary/aromatic N) is 4. The highest BCUT2D eigenvalue weighted by Gasteiger charge is 2.36. The smallest absolute Gasteiger partial charge is 0.214 e. The van der Waals surface area contributed by atoms with Crippen molar-refractivity contribution in [3.8, 4) is 0 Å². The minimum absolute atomic E-state index is 0. The minimum atomic E-state index is 0. The molecular formula is C23H34IN5O. The van der Waals surface area contributed by atoms with Crippen LogP contribution in [0.15, 0.2) is 39.7 Å². The Kier molecular flexibility index (Phi) is 8.16. The van der Waals surface area contributed by atoms with Crippen LogP contribution in [0.25, 0.3) is 0 Å². The number of aromatic nitrogens is 1. The summed E-state index contributed by atoms with van der Waals surface area (Å²) in [4.78, 5) is 14.1. The Balaban J connectivity index is 0.00000256. The summed E-state index contributed by atoms with van der Waals surface area (Å²) < 4.78 is 5.70. The van der Waals surface area contributed by atoms with Crippen LogP contribution in [0.3, 0.4) is 0 Å². The molecule has 2 aliphatic rings. The number of oxazole rings is 1. The molecule has 1 aromatic carbocycles. The summed E-state index contributed by atoms with van der Waals surface area (Å²) in [5.74, 6) is 3.27. The molecule has 4 rings (SSSR count). The number of piperidine rings is 2. The predicted molar refractivity (Wildman–Crippen MR) is 131 cm³/mol. The summed E-state index contributed by atoms with van der Waals surface area (Å²) in [7, 11) is 1.86. The second-order valence-electron chi connectivity index (χ2n) is 8.31. The molecule has 2 aliphatic heterocycles. The fourth-order valence-corrected chi connectivity index (χ4v) is 4.81. The van der Waals surface area contributed by atoms with Gasteiger partial charge >= 0.3 is 0 Å². The summed E-state index contributed by atoms with van der Waals surface area (Å²) in [6.07, 6.45) is 3.78. The number of hydrogen-bond acceptors (Lipinski definition) is 4. The number of fused-ring (bicyclic) bond motifs is 1. The number of rotatable bonds is 4. The largest absolute Gasteiger partial charge is 0.444 e. The maximum absolute atomic E-state index is 5.70. The molecule has 1 N–H and O–H groups in total. The second-order valence-corrected chi connectivity index (χ2v) is 8.31. The van der Waals surface area contributed by atoms with E-state index >= 15 is 0 Å². The van der Waals surface area contributed by atoms with E-state index in [0.717, 1.165) is 42.9 Å². The van der Waals surface area contributed by atoms with E-state index in [1.807, 2.05) is 20.9 Å². The normalized spacial score (nSPS) is 22.4. The maximum atomic E-state index is 5.70. The number of benzene rings is 1. The van der Waals surface area contributed by atoms with Gasteiger partial charge in [0.25, 0.3) is 0 Å². The van der Waals surface area contributed by atoms with Crippen LogP contribution in [0.2, 0.25) is 0 Å². The molecule has 7 heteroatoms. The molecule has 2 saturated heterocycles. The highest BCUT2D eigenvalue weighted by Crippen LogP contribution is 2.31. The van der Waals surface area contributed by atoms with Crippen molar-refractivity contribution in [3.05, 3.63) is 53.2 Å². The molecule has 6 nitrogen and oxygen atoms in total. The van der Waals surface area contributed by atoms with Crippen molar-refractivity contribution in [2.45, 2.75) is 52.2 Å². The first-order chi connectivity index (χ1) is 14.1. The van der Waals surface area contributed by atoms with Crippen LogP contribution in [0, 0.1) is 19.8 Å². The topological polar surface area (TPSA) is 56.9 Å². The molecule has 2 atom stereocenters. The monoisotopic (exact) mass is 523 g/mol. The number of nitrogens with one attached hydrogen (secondary N) is 1. The molecule has 0 aliphatic carbocycles. The molecule has 2 aromatic rings. The van der Waals surface area contributed by atoms with Gasteiger partial charge in [-0.15, -0.1) is 24.0 Å². The number of hydrogen-bond donors (Lipinski definition) is 1. The molecule has 0 spiro atoms. The lowest BCUT2D eigenvalue weighted by atomic mass is 9.83. The molecule has 0 saturated carbocycles. The van der Waals surface area contributed by atoms with Gasteiger partial charge in [-0.1, -0.05) is 30.3 Å². The molecule has 164 valence electrons. The standard InChI is InChI=1S/C23H33N5O.HI/c1-17-18(2)29-22(26-17)14-25-23(24-3)28-13-11-21-20(16-28)10-7-12-27(21)15-19-8-5-4-6-9-19;/h4-6,8-9,20-21H,7,10-16H2,1-3H3,(H,24,25);1H. The van der Waals surface area contributed by atoms with E-state index < -0.39 is 0 Å². The van der Waals surface area contributed by atoms with Crippen molar-refractivity contribution in [2.75, 3.05) is 26.7 Å². The second kappa shape index (κ2) is 10.6. The Bertz CT molecular complexity index is 818. The molecule has 30 heavy (non-hydrogen) atoms. The fraction of sp³-hybridized carbons (Fsp3) is 0.565. The first kappa shape index (κ1) is 23.1. The Morgan fingerprint density at radius 3 is 2.70 bits per heavy atom. The Morgan fingerprint density at radius 1 is 1.20 bits per heavy atom. The van der Waals surface area contributed by atoms with Gasteiger partial charge in [0.2, 0.25) is 5.89 Å². The van der Waals surface area contributed by atoms with Crippen LogP contribution >= 0.6 is 24.0 Å². The number of aryl methyl sites for hydroxylation is 2. The third kappa shape index (κ3) is 5.35. The number of halogens is 1. The van der Waals surface area contributed by atoms with Crippen LogP contribution in [0.1, 0.15) is 42.2 Å². The first-order valence-corrected chi connectivity index (χ1v) is 10.8. The summed E-state index contributed by atoms with van der Waals surface area (Å²) in [5, 5.41) is 3.45. The first-order valence-electron chi connectivity index (χ1n) is 10.8. The van der Waals surface area contributed by atoms with Crippen LogP contribution in [0.5, 0.6) is 0 Å². The molecule has 1 aromatic heterocycles. The zero-order valence-corrected chi connectivity index (χ0v) is 20.6. The van der Waals surface area contributed by atoms with Gasteiger partial charge in [-0.05, 0) is 51.1 Å². The lowest BCUT2D eigenvalue weighted by Crippen LogP contribution is -2.56. The maximum Gasteiger partial charge on any atom is 0.214 e. The van der Waals surface area contributed by atoms with Gasteiger partial charge in [0.15, 0.2) is 5.96 Å². The quantitative estimate of drug-likeness (QED) is 0.374. The lowest BCUT2D eigenvalue weighted by molar-refractivity contribution is 0.0372. The Labute approximate surface area is 197 Å². The Hall–Kier alpha value is -1.61. The Morgan fingerprint density at radius 2 is 2.00 bits per heavy atom. The molecule has 0 bridgehead atoms. The van der Waals surface area contributed by atoms with Crippen LogP contribution in [-0.2, 0) is 13.1 Å². The van der Waals surface area contributed by atoms with Crippen molar-refractivity contribution in [1.29, 1.82) is 0 Å². The third-order valence-corrected chi connectivity index (χ3v) is 6.39. The molecular weight excluding hydrogens is 489 g/mol. The summed E-state index contributed by atoms with van der Waals surface area (Å²) in [5.41, 5.74) is 2.38. The fourth-order valence-electron chi connectivity index (χ4n) is 4.81. The summed E-state index contributed by atoms with van der Waals surface area (Å²) in [6, 6.07) is 11.6. The van der Waals surface area contributed by atoms with Gasteiger partial charge in [0.1, 0.15) is 5.76 Å². The van der Waals surface area contributed by atoms with Crippen molar-refractivity contribution in [3.63, 3.8) is 0 Å². The predicted octanol–water partition coefficient (Wildman–Crippen LogP) is 3.97. The van der Waals surface area contributed by atoms with Crippen molar-refractivity contribution < 1.29 is 4.42 Å². The van der Waals surface area contributed by atoms with E-state index in [2.05, 4.69) is 55.4 Å². The SMILES string of the molecule is CN=C(NCc1nc(C)c(C)o1)N1CCC2C(CCCN2Cc2ccccc2)C1.I. The average Bonchev–Trinajstić information content (AvgIpc) is 3.06. The van der Waals surface area contributed by atoms with Gasteiger partial charge in [0.05, 0.1) is 12.2 Å². The molecule has 0 radical (unpaired) electrons. The van der Waals surface area contributed by atoms with E-state index in [-0.39, 0.29) is 24.0 Å². The van der Waals surface area contributed by atoms with Crippen LogP contribution in [-0.4, -0.2) is 53.5 Å². The minimum Gasteiger partial charge on any atom is -0.444 e. The van der Waals surface area contributed by atoms with Crippen molar-refractivity contribution in [1.82, 2.24) is 20.1 Å². The van der Waals surface area contributed by atoms with Gasteiger partial charge in [-0.3, -0.25) is 9.89 Å². The number of guanidine groups is 1. The molecule has 3 heterocycles. The van der Waals surface area contributed by atoms with Crippen molar-refractivity contribution >= 4 is 29.9 Å². The number of aliphatic imine (C=N–C) groups is 1. The molecule has 0 amide bonds. The van der Waals surface area contributed by atoms with E-state index in [1.54, 1.807) is 0 Å². The van der Waals surface area contributed by atoms with Gasteiger partial charge in [-0.2, -0.15) is 0 Å². The van der Waals surface area contributed by atoms with Crippen molar-refractivity contribution in [2.24, 2.45) is 10.9 Å². The van der Waals surface area contributed by atoms with E-state index in [4.69, 9.17) is 4.42 Å². The van der Waals surface area contributed by atoms with Crippen LogP contribution < -0.4 is 5.32 Å². The highest BCUT2D eigenvalue weighted by atomic mass is 127. The van der Waals surface area contributed by atoms with Gasteiger partial charge in [0, 0.05) is 32.7 Å².